The molecule has 0 spiro atoms. The molecule has 124 valence electrons. The molecule has 0 bridgehead atoms. The number of rotatable bonds is 5. The number of halogens is 1. The van der Waals surface area contributed by atoms with Crippen molar-refractivity contribution in [3.63, 3.8) is 0 Å². The van der Waals surface area contributed by atoms with Gasteiger partial charge in [-0.05, 0) is 62.3 Å². The molecule has 3 rings (SSSR count). The third-order valence-electron chi connectivity index (χ3n) is 4.09. The number of hydrogen-bond donors (Lipinski definition) is 1. The molecule has 24 heavy (non-hydrogen) atoms. The Labute approximate surface area is 146 Å². The Hall–Kier alpha value is -2.27. The number of hydrogen-bond acceptors (Lipinski definition) is 2. The van der Waals surface area contributed by atoms with E-state index in [2.05, 4.69) is 5.32 Å². The molecule has 1 aliphatic rings. The quantitative estimate of drug-likeness (QED) is 0.645. The summed E-state index contributed by atoms with van der Waals surface area (Å²) in [6, 6.07) is 14.3. The van der Waals surface area contributed by atoms with Gasteiger partial charge in [-0.2, -0.15) is 0 Å². The van der Waals surface area contributed by atoms with Gasteiger partial charge in [0.05, 0.1) is 0 Å². The number of nitrogens with one attached hydrogen (secondary N) is 1. The summed E-state index contributed by atoms with van der Waals surface area (Å²) in [4.78, 5) is 13.4. The highest BCUT2D eigenvalue weighted by Gasteiger charge is 2.31. The lowest BCUT2D eigenvalue weighted by atomic mass is 10.1. The van der Waals surface area contributed by atoms with Crippen LogP contribution in [0.25, 0.3) is 0 Å². The van der Waals surface area contributed by atoms with E-state index in [1.807, 2.05) is 23.1 Å². The summed E-state index contributed by atoms with van der Waals surface area (Å²) in [5.74, 6) is -0.181. The first-order valence-electron chi connectivity index (χ1n) is 7.96. The predicted molar refractivity (Wildman–Crippen MR) is 97.6 cm³/mol. The van der Waals surface area contributed by atoms with E-state index in [9.17, 15) is 9.18 Å². The molecule has 2 aromatic carbocycles. The van der Waals surface area contributed by atoms with Gasteiger partial charge in [0.1, 0.15) is 5.82 Å². The van der Waals surface area contributed by atoms with Gasteiger partial charge >= 0.3 is 0 Å². The third kappa shape index (κ3) is 3.97. The number of ketones is 1. The summed E-state index contributed by atoms with van der Waals surface area (Å²) >= 11 is 5.53. The van der Waals surface area contributed by atoms with Crippen molar-refractivity contribution in [2.75, 3.05) is 5.32 Å². The van der Waals surface area contributed by atoms with Crippen LogP contribution in [0.2, 0.25) is 0 Å². The molecule has 0 unspecified atom stereocenters. The van der Waals surface area contributed by atoms with Crippen molar-refractivity contribution in [3.8, 4) is 0 Å². The average molecular weight is 342 g/mol. The molecule has 0 saturated heterocycles. The SMILES string of the molecule is CC(=O)c1ccc(NC(=S)N(Cc2ccccc2F)C2CC2)cc1. The molecule has 1 aliphatic carbocycles. The van der Waals surface area contributed by atoms with Crippen LogP contribution in [-0.4, -0.2) is 21.8 Å². The number of carbonyl (C=O) groups is 1. The molecule has 0 aromatic heterocycles. The number of benzene rings is 2. The van der Waals surface area contributed by atoms with Crippen molar-refractivity contribution >= 4 is 28.8 Å². The lowest BCUT2D eigenvalue weighted by Crippen LogP contribution is -2.36. The van der Waals surface area contributed by atoms with E-state index in [1.54, 1.807) is 24.3 Å². The summed E-state index contributed by atoms with van der Waals surface area (Å²) in [6.07, 6.45) is 2.14. The molecule has 0 amide bonds. The predicted octanol–water partition coefficient (Wildman–Crippen LogP) is 4.39. The zero-order valence-electron chi connectivity index (χ0n) is 13.5. The van der Waals surface area contributed by atoms with Crippen molar-refractivity contribution in [1.82, 2.24) is 4.90 Å². The summed E-state index contributed by atoms with van der Waals surface area (Å²) < 4.78 is 13.9. The molecule has 2 aromatic rings. The largest absolute Gasteiger partial charge is 0.342 e. The normalized spacial score (nSPS) is 13.4. The summed E-state index contributed by atoms with van der Waals surface area (Å²) in [5, 5.41) is 3.77. The molecular weight excluding hydrogens is 323 g/mol. The summed E-state index contributed by atoms with van der Waals surface area (Å²) in [5.41, 5.74) is 2.13. The Balaban J connectivity index is 1.71. The fourth-order valence-corrected chi connectivity index (χ4v) is 2.88. The van der Waals surface area contributed by atoms with Crippen molar-refractivity contribution in [3.05, 3.63) is 65.5 Å². The van der Waals surface area contributed by atoms with Crippen molar-refractivity contribution < 1.29 is 9.18 Å². The molecular formula is C19H19FN2OS. The number of anilines is 1. The van der Waals surface area contributed by atoms with Gasteiger partial charge in [-0.1, -0.05) is 18.2 Å². The van der Waals surface area contributed by atoms with E-state index < -0.39 is 0 Å². The second-order valence-electron chi connectivity index (χ2n) is 6.01. The van der Waals surface area contributed by atoms with Crippen LogP contribution in [0.1, 0.15) is 35.7 Å². The maximum Gasteiger partial charge on any atom is 0.173 e. The van der Waals surface area contributed by atoms with E-state index in [0.717, 1.165) is 18.5 Å². The topological polar surface area (TPSA) is 32.3 Å². The Kier molecular flexibility index (Phi) is 4.90. The van der Waals surface area contributed by atoms with Crippen LogP contribution in [0.4, 0.5) is 10.1 Å². The van der Waals surface area contributed by atoms with Gasteiger partial charge in [-0.3, -0.25) is 4.79 Å². The highest BCUT2D eigenvalue weighted by Crippen LogP contribution is 2.29. The highest BCUT2D eigenvalue weighted by atomic mass is 32.1. The van der Waals surface area contributed by atoms with E-state index in [1.165, 1.54) is 13.0 Å². The number of carbonyl (C=O) groups excluding carboxylic acids is 1. The van der Waals surface area contributed by atoms with Gasteiger partial charge in [0.2, 0.25) is 0 Å². The molecule has 0 atom stereocenters. The Bertz CT molecular complexity index is 756. The summed E-state index contributed by atoms with van der Waals surface area (Å²) in [6.45, 7) is 1.99. The van der Waals surface area contributed by atoms with E-state index in [0.29, 0.717) is 28.8 Å². The smallest absolute Gasteiger partial charge is 0.173 e. The van der Waals surface area contributed by atoms with Gasteiger partial charge in [0.15, 0.2) is 10.9 Å². The Morgan fingerprint density at radius 1 is 1.21 bits per heavy atom. The molecule has 1 saturated carbocycles. The fraction of sp³-hybridized carbons (Fsp3) is 0.263. The first kappa shape index (κ1) is 16.6. The van der Waals surface area contributed by atoms with Crippen molar-refractivity contribution in [2.45, 2.75) is 32.4 Å². The zero-order valence-corrected chi connectivity index (χ0v) is 14.3. The van der Waals surface area contributed by atoms with Crippen molar-refractivity contribution in [1.29, 1.82) is 0 Å². The zero-order chi connectivity index (χ0) is 17.1. The maximum atomic E-state index is 13.9. The first-order valence-corrected chi connectivity index (χ1v) is 8.37. The molecule has 0 radical (unpaired) electrons. The van der Waals surface area contributed by atoms with Crippen LogP contribution in [0.15, 0.2) is 48.5 Å². The minimum atomic E-state index is -0.211. The second kappa shape index (κ2) is 7.09. The Morgan fingerprint density at radius 3 is 2.46 bits per heavy atom. The molecule has 5 heteroatoms. The van der Waals surface area contributed by atoms with E-state index >= 15 is 0 Å². The van der Waals surface area contributed by atoms with Crippen LogP contribution < -0.4 is 5.32 Å². The van der Waals surface area contributed by atoms with Gasteiger partial charge in [-0.25, -0.2) is 4.39 Å². The van der Waals surface area contributed by atoms with Crippen LogP contribution in [0.5, 0.6) is 0 Å². The second-order valence-corrected chi connectivity index (χ2v) is 6.40. The van der Waals surface area contributed by atoms with Crippen LogP contribution >= 0.6 is 12.2 Å². The number of Topliss-reactive ketones (excluding diaryl/α,β-unsaturated/α-hetero) is 1. The van der Waals surface area contributed by atoms with Crippen molar-refractivity contribution in [2.24, 2.45) is 0 Å². The third-order valence-corrected chi connectivity index (χ3v) is 4.43. The fourth-order valence-electron chi connectivity index (χ4n) is 2.55. The van der Waals surface area contributed by atoms with Crippen LogP contribution in [0.3, 0.4) is 0 Å². The molecule has 3 nitrogen and oxygen atoms in total. The maximum absolute atomic E-state index is 13.9. The minimum absolute atomic E-state index is 0.0308. The first-order chi connectivity index (χ1) is 11.5. The molecule has 1 fully saturated rings. The van der Waals surface area contributed by atoms with E-state index in [-0.39, 0.29) is 11.6 Å². The van der Waals surface area contributed by atoms with Gasteiger partial charge in [-0.15, -0.1) is 0 Å². The molecule has 0 aliphatic heterocycles. The van der Waals surface area contributed by atoms with E-state index in [4.69, 9.17) is 12.2 Å². The monoisotopic (exact) mass is 342 g/mol. The van der Waals surface area contributed by atoms with Crippen LogP contribution in [0, 0.1) is 5.82 Å². The minimum Gasteiger partial charge on any atom is -0.342 e. The highest BCUT2D eigenvalue weighted by molar-refractivity contribution is 7.80. The standard InChI is InChI=1S/C19H19FN2OS/c1-13(23)14-6-8-16(9-7-14)21-19(24)22(17-10-11-17)12-15-4-2-3-5-18(15)20/h2-9,17H,10-12H2,1H3,(H,21,24). The van der Waals surface area contributed by atoms with Gasteiger partial charge < -0.3 is 10.2 Å². The Morgan fingerprint density at radius 2 is 1.88 bits per heavy atom. The number of nitrogens with zero attached hydrogens (tertiary/aromatic N) is 1. The van der Waals surface area contributed by atoms with Crippen LogP contribution in [-0.2, 0) is 6.54 Å². The molecule has 0 heterocycles. The van der Waals surface area contributed by atoms with Gasteiger partial charge in [0.25, 0.3) is 0 Å². The number of thiocarbonyl (C=S) groups is 1. The van der Waals surface area contributed by atoms with Gasteiger partial charge in [0, 0.05) is 29.4 Å². The summed E-state index contributed by atoms with van der Waals surface area (Å²) in [7, 11) is 0. The molecule has 1 N–H and O–H groups in total. The lowest BCUT2D eigenvalue weighted by molar-refractivity contribution is 0.101. The lowest BCUT2D eigenvalue weighted by Gasteiger charge is -2.26. The average Bonchev–Trinajstić information content (AvgIpc) is 3.39.